The number of ketones is 1. The average molecular weight is 422 g/mol. The molecule has 0 bridgehead atoms. The maximum atomic E-state index is 13.0. The highest BCUT2D eigenvalue weighted by Gasteiger charge is 2.35. The van der Waals surface area contributed by atoms with Crippen molar-refractivity contribution in [3.8, 4) is 0 Å². The molecule has 0 saturated heterocycles. The van der Waals surface area contributed by atoms with E-state index in [4.69, 9.17) is 4.74 Å². The summed E-state index contributed by atoms with van der Waals surface area (Å²) in [5, 5.41) is 0. The predicted molar refractivity (Wildman–Crippen MR) is 108 cm³/mol. The van der Waals surface area contributed by atoms with Crippen LogP contribution in [0.25, 0.3) is 4.48 Å². The van der Waals surface area contributed by atoms with Crippen molar-refractivity contribution >= 4 is 32.3 Å². The van der Waals surface area contributed by atoms with Gasteiger partial charge in [-0.05, 0) is 40.4 Å². The highest BCUT2D eigenvalue weighted by atomic mass is 79.9. The molecule has 26 heavy (non-hydrogen) atoms. The predicted octanol–water partition coefficient (Wildman–Crippen LogP) is 6.21. The molecule has 142 valence electrons. The minimum Gasteiger partial charge on any atom is -0.449 e. The fourth-order valence-corrected chi connectivity index (χ4v) is 3.85. The van der Waals surface area contributed by atoms with Crippen molar-refractivity contribution in [2.45, 2.75) is 64.8 Å². The Bertz CT molecular complexity index is 656. The summed E-state index contributed by atoms with van der Waals surface area (Å²) in [6.45, 7) is 4.24. The summed E-state index contributed by atoms with van der Waals surface area (Å²) >= 11 is 3.51. The van der Waals surface area contributed by atoms with Crippen LogP contribution in [-0.2, 0) is 9.53 Å². The Labute approximate surface area is 164 Å². The van der Waals surface area contributed by atoms with Crippen molar-refractivity contribution in [1.82, 2.24) is 4.90 Å². The number of ether oxygens (including phenoxy) is 1. The molecule has 1 unspecified atom stereocenters. The number of carbonyl (C=O) groups excluding carboxylic acids is 2. The van der Waals surface area contributed by atoms with Gasteiger partial charge in [0.1, 0.15) is 6.04 Å². The number of amides is 1. The fraction of sp³-hybridized carbons (Fsp3) is 0.524. The second kappa shape index (κ2) is 10.5. The number of halogens is 1. The van der Waals surface area contributed by atoms with Gasteiger partial charge in [-0.25, -0.2) is 4.79 Å². The van der Waals surface area contributed by atoms with Crippen molar-refractivity contribution in [3.05, 3.63) is 41.6 Å². The van der Waals surface area contributed by atoms with Gasteiger partial charge in [0.15, 0.2) is 5.78 Å². The number of nitrogens with zero attached hydrogens (tertiary/aromatic N) is 1. The number of hydrogen-bond acceptors (Lipinski definition) is 3. The highest BCUT2D eigenvalue weighted by Crippen LogP contribution is 2.39. The molecule has 1 heterocycles. The van der Waals surface area contributed by atoms with E-state index in [1.54, 1.807) is 13.1 Å². The van der Waals surface area contributed by atoms with E-state index in [0.29, 0.717) is 6.42 Å². The first-order chi connectivity index (χ1) is 12.6. The molecule has 0 spiro atoms. The summed E-state index contributed by atoms with van der Waals surface area (Å²) in [5.74, 6) is 0.0669. The third kappa shape index (κ3) is 5.19. The van der Waals surface area contributed by atoms with Crippen molar-refractivity contribution < 1.29 is 14.3 Å². The Kier molecular flexibility index (Phi) is 8.36. The number of unbranched alkanes of at least 4 members (excludes halogenated alkanes) is 5. The zero-order chi connectivity index (χ0) is 18.9. The molecule has 1 aliphatic heterocycles. The first-order valence-electron chi connectivity index (χ1n) is 9.54. The Morgan fingerprint density at radius 1 is 1.08 bits per heavy atom. The molecular formula is C21H28BrNO3. The molecule has 0 N–H and O–H groups in total. The largest absolute Gasteiger partial charge is 0.449 e. The van der Waals surface area contributed by atoms with Gasteiger partial charge >= 0.3 is 6.09 Å². The monoisotopic (exact) mass is 421 g/mol. The lowest BCUT2D eigenvalue weighted by Gasteiger charge is -2.32. The van der Waals surface area contributed by atoms with Crippen LogP contribution >= 0.6 is 15.9 Å². The van der Waals surface area contributed by atoms with Crippen molar-refractivity contribution in [3.63, 3.8) is 0 Å². The van der Waals surface area contributed by atoms with Gasteiger partial charge in [-0.3, -0.25) is 9.69 Å². The maximum absolute atomic E-state index is 13.0. The second-order valence-corrected chi connectivity index (χ2v) is 7.41. The smallest absolute Gasteiger partial charge is 0.414 e. The molecule has 1 amide bonds. The van der Waals surface area contributed by atoms with E-state index in [9.17, 15) is 9.59 Å². The van der Waals surface area contributed by atoms with Gasteiger partial charge < -0.3 is 4.74 Å². The van der Waals surface area contributed by atoms with Crippen LogP contribution in [0.3, 0.4) is 0 Å². The van der Waals surface area contributed by atoms with Crippen molar-refractivity contribution in [2.75, 3.05) is 6.61 Å². The van der Waals surface area contributed by atoms with Crippen LogP contribution in [0.2, 0.25) is 0 Å². The van der Waals surface area contributed by atoms with Crippen LogP contribution in [0.5, 0.6) is 0 Å². The minimum atomic E-state index is -0.609. The van der Waals surface area contributed by atoms with E-state index in [-0.39, 0.29) is 12.4 Å². The van der Waals surface area contributed by atoms with Crippen LogP contribution in [0.4, 0.5) is 4.79 Å². The molecule has 0 radical (unpaired) electrons. The van der Waals surface area contributed by atoms with Crippen LogP contribution in [0.1, 0.15) is 76.0 Å². The number of carbonyl (C=O) groups is 2. The summed E-state index contributed by atoms with van der Waals surface area (Å²) in [4.78, 5) is 26.8. The normalized spacial score (nSPS) is 16.0. The summed E-state index contributed by atoms with van der Waals surface area (Å²) in [7, 11) is 0. The molecule has 1 aromatic carbocycles. The van der Waals surface area contributed by atoms with E-state index in [1.165, 1.54) is 24.2 Å². The van der Waals surface area contributed by atoms with E-state index in [2.05, 4.69) is 22.9 Å². The quantitative estimate of drug-likeness (QED) is 0.445. The molecule has 0 aliphatic carbocycles. The molecule has 1 aliphatic rings. The topological polar surface area (TPSA) is 46.6 Å². The molecule has 1 aromatic rings. The SMILES string of the molecule is CCCCCCCCC(=O)C1c2ccccc2C(Br)=CN1C(=O)OCC. The summed E-state index contributed by atoms with van der Waals surface area (Å²) < 4.78 is 5.95. The number of Topliss-reactive ketones (excluding diaryl/α,β-unsaturated/α-hetero) is 1. The van der Waals surface area contributed by atoms with Crippen LogP contribution in [-0.4, -0.2) is 23.4 Å². The molecule has 1 atom stereocenters. The Morgan fingerprint density at radius 2 is 1.77 bits per heavy atom. The number of benzene rings is 1. The Hall–Kier alpha value is -1.62. The van der Waals surface area contributed by atoms with E-state index in [0.717, 1.165) is 34.9 Å². The van der Waals surface area contributed by atoms with E-state index >= 15 is 0 Å². The van der Waals surface area contributed by atoms with Crippen LogP contribution in [0.15, 0.2) is 30.5 Å². The summed E-state index contributed by atoms with van der Waals surface area (Å²) in [6, 6.07) is 7.10. The second-order valence-electron chi connectivity index (χ2n) is 6.56. The number of hydrogen-bond donors (Lipinski definition) is 0. The zero-order valence-electron chi connectivity index (χ0n) is 15.7. The maximum Gasteiger partial charge on any atom is 0.414 e. The van der Waals surface area contributed by atoms with Gasteiger partial charge in [0.05, 0.1) is 6.61 Å². The van der Waals surface area contributed by atoms with Gasteiger partial charge in [0.25, 0.3) is 0 Å². The fourth-order valence-electron chi connectivity index (χ4n) is 3.27. The van der Waals surface area contributed by atoms with Gasteiger partial charge in [0.2, 0.25) is 0 Å². The van der Waals surface area contributed by atoms with Crippen molar-refractivity contribution in [1.29, 1.82) is 0 Å². The lowest BCUT2D eigenvalue weighted by Crippen LogP contribution is -2.38. The standard InChI is InChI=1S/C21H28BrNO3/c1-3-5-6-7-8-9-14-19(24)20-17-13-11-10-12-16(17)18(22)15-23(20)21(25)26-4-2/h10-13,15,20H,3-9,14H2,1-2H3. The van der Waals surface area contributed by atoms with E-state index < -0.39 is 12.1 Å². The first kappa shape index (κ1) is 20.7. The number of fused-ring (bicyclic) bond motifs is 1. The van der Waals surface area contributed by atoms with Gasteiger partial charge in [-0.2, -0.15) is 0 Å². The molecular weight excluding hydrogens is 394 g/mol. The molecule has 5 heteroatoms. The molecule has 0 fully saturated rings. The van der Waals surface area contributed by atoms with E-state index in [1.807, 2.05) is 24.3 Å². The van der Waals surface area contributed by atoms with Gasteiger partial charge in [-0.15, -0.1) is 0 Å². The molecule has 2 rings (SSSR count). The lowest BCUT2D eigenvalue weighted by molar-refractivity contribution is -0.123. The molecule has 0 aromatic heterocycles. The molecule has 4 nitrogen and oxygen atoms in total. The third-order valence-electron chi connectivity index (χ3n) is 4.60. The Balaban J connectivity index is 2.13. The average Bonchev–Trinajstić information content (AvgIpc) is 2.64. The number of rotatable bonds is 9. The third-order valence-corrected chi connectivity index (χ3v) is 5.24. The summed E-state index contributed by atoms with van der Waals surface area (Å²) in [6.07, 6.45) is 8.43. The Morgan fingerprint density at radius 3 is 2.50 bits per heavy atom. The first-order valence-corrected chi connectivity index (χ1v) is 10.3. The van der Waals surface area contributed by atoms with Crippen LogP contribution < -0.4 is 0 Å². The lowest BCUT2D eigenvalue weighted by atomic mass is 9.91. The van der Waals surface area contributed by atoms with Crippen molar-refractivity contribution in [2.24, 2.45) is 0 Å². The van der Waals surface area contributed by atoms with Gasteiger partial charge in [-0.1, -0.05) is 63.3 Å². The zero-order valence-corrected chi connectivity index (χ0v) is 17.3. The highest BCUT2D eigenvalue weighted by molar-refractivity contribution is 9.15. The minimum absolute atomic E-state index is 0.0669. The van der Waals surface area contributed by atoms with Crippen LogP contribution in [0, 0.1) is 0 Å². The molecule has 0 saturated carbocycles. The summed E-state index contributed by atoms with van der Waals surface area (Å²) in [5.41, 5.74) is 1.81. The van der Waals surface area contributed by atoms with Gasteiger partial charge in [0, 0.05) is 17.1 Å².